The number of likely N-dealkylation sites (tertiary alicyclic amines) is 1. The number of nitrogens with one attached hydrogen (secondary N) is 2. The number of carbonyl (C=O) groups excluding carboxylic acids is 1. The molecule has 2 heterocycles. The van der Waals surface area contributed by atoms with Gasteiger partial charge >= 0.3 is 0 Å². The van der Waals surface area contributed by atoms with Crippen molar-refractivity contribution >= 4 is 11.6 Å². The second-order valence-corrected chi connectivity index (χ2v) is 5.90. The van der Waals surface area contributed by atoms with Gasteiger partial charge in [-0.1, -0.05) is 0 Å². The Morgan fingerprint density at radius 1 is 1.46 bits per heavy atom. The second-order valence-electron chi connectivity index (χ2n) is 5.90. The van der Waals surface area contributed by atoms with Gasteiger partial charge in [-0.3, -0.25) is 14.8 Å². The number of H-pyrrole nitrogens is 1. The van der Waals surface area contributed by atoms with Gasteiger partial charge in [0, 0.05) is 19.0 Å². The molecule has 1 aliphatic rings. The Labute approximate surface area is 138 Å². The van der Waals surface area contributed by atoms with E-state index in [4.69, 9.17) is 0 Å². The van der Waals surface area contributed by atoms with Crippen LogP contribution >= 0.6 is 0 Å². The minimum absolute atomic E-state index is 0.0913. The standard InChI is InChI=1S/C16H19F2N5O/c1-10-19-16(22-21-10)14-3-2-7-23(14)8-6-15(24)20-13-9-11(17)4-5-12(13)18/h4-5,9,14H,2-3,6-8H2,1H3,(H,20,24)(H,19,21,22). The first kappa shape index (κ1) is 16.5. The minimum atomic E-state index is -0.653. The number of carbonyl (C=O) groups is 1. The lowest BCUT2D eigenvalue weighted by molar-refractivity contribution is -0.116. The Kier molecular flexibility index (Phi) is 4.84. The molecule has 8 heteroatoms. The van der Waals surface area contributed by atoms with Crippen LogP contribution in [0.2, 0.25) is 0 Å². The van der Waals surface area contributed by atoms with E-state index in [0.717, 1.165) is 49.2 Å². The molecule has 1 amide bonds. The summed E-state index contributed by atoms with van der Waals surface area (Å²) >= 11 is 0. The Hall–Kier alpha value is -2.35. The van der Waals surface area contributed by atoms with Crippen molar-refractivity contribution < 1.29 is 13.6 Å². The highest BCUT2D eigenvalue weighted by Gasteiger charge is 2.29. The maximum atomic E-state index is 13.5. The summed E-state index contributed by atoms with van der Waals surface area (Å²) in [7, 11) is 0. The van der Waals surface area contributed by atoms with E-state index in [0.29, 0.717) is 6.54 Å². The Morgan fingerprint density at radius 2 is 2.29 bits per heavy atom. The third kappa shape index (κ3) is 3.76. The molecule has 1 aromatic carbocycles. The Balaban J connectivity index is 1.56. The predicted molar refractivity (Wildman–Crippen MR) is 84.3 cm³/mol. The zero-order valence-electron chi connectivity index (χ0n) is 13.4. The first-order chi connectivity index (χ1) is 11.5. The number of rotatable bonds is 5. The Morgan fingerprint density at radius 3 is 3.04 bits per heavy atom. The minimum Gasteiger partial charge on any atom is -0.323 e. The lowest BCUT2D eigenvalue weighted by Gasteiger charge is -2.21. The number of aromatic amines is 1. The maximum Gasteiger partial charge on any atom is 0.225 e. The van der Waals surface area contributed by atoms with Gasteiger partial charge in [-0.15, -0.1) is 0 Å². The van der Waals surface area contributed by atoms with Crippen LogP contribution in [0, 0.1) is 18.6 Å². The number of hydrogen-bond donors (Lipinski definition) is 2. The number of anilines is 1. The third-order valence-corrected chi connectivity index (χ3v) is 4.10. The van der Waals surface area contributed by atoms with Gasteiger partial charge in [0.25, 0.3) is 0 Å². The number of aromatic nitrogens is 3. The number of aryl methyl sites for hydroxylation is 1. The highest BCUT2D eigenvalue weighted by atomic mass is 19.1. The van der Waals surface area contributed by atoms with Crippen molar-refractivity contribution in [1.29, 1.82) is 0 Å². The molecular weight excluding hydrogens is 316 g/mol. The fourth-order valence-electron chi connectivity index (χ4n) is 2.95. The van der Waals surface area contributed by atoms with Crippen molar-refractivity contribution in [2.45, 2.75) is 32.2 Å². The smallest absolute Gasteiger partial charge is 0.225 e. The fourth-order valence-corrected chi connectivity index (χ4v) is 2.95. The van der Waals surface area contributed by atoms with E-state index < -0.39 is 11.6 Å². The van der Waals surface area contributed by atoms with Crippen LogP contribution in [0.3, 0.4) is 0 Å². The molecule has 0 saturated carbocycles. The van der Waals surface area contributed by atoms with Crippen LogP contribution < -0.4 is 5.32 Å². The molecule has 1 aromatic heterocycles. The first-order valence-electron chi connectivity index (χ1n) is 7.91. The molecule has 0 bridgehead atoms. The molecule has 1 atom stereocenters. The highest BCUT2D eigenvalue weighted by molar-refractivity contribution is 5.90. The van der Waals surface area contributed by atoms with Gasteiger partial charge in [-0.05, 0) is 38.4 Å². The van der Waals surface area contributed by atoms with Gasteiger partial charge in [0.15, 0.2) is 5.82 Å². The lowest BCUT2D eigenvalue weighted by atomic mass is 10.2. The average Bonchev–Trinajstić information content (AvgIpc) is 3.17. The van der Waals surface area contributed by atoms with Crippen LogP contribution in [-0.2, 0) is 4.79 Å². The van der Waals surface area contributed by atoms with E-state index in [1.54, 1.807) is 0 Å². The van der Waals surface area contributed by atoms with Crippen LogP contribution in [0.15, 0.2) is 18.2 Å². The van der Waals surface area contributed by atoms with Crippen molar-refractivity contribution in [2.75, 3.05) is 18.4 Å². The second kappa shape index (κ2) is 7.04. The van der Waals surface area contributed by atoms with E-state index in [2.05, 4.69) is 25.4 Å². The van der Waals surface area contributed by atoms with Crippen LogP contribution in [-0.4, -0.2) is 39.1 Å². The van der Waals surface area contributed by atoms with E-state index in [9.17, 15) is 13.6 Å². The first-order valence-corrected chi connectivity index (χ1v) is 7.91. The summed E-state index contributed by atoms with van der Waals surface area (Å²) in [5.41, 5.74) is -0.137. The normalized spacial score (nSPS) is 18.0. The molecule has 1 fully saturated rings. The van der Waals surface area contributed by atoms with Crippen molar-refractivity contribution in [3.8, 4) is 0 Å². The van der Waals surface area contributed by atoms with Crippen molar-refractivity contribution in [1.82, 2.24) is 20.1 Å². The highest BCUT2D eigenvalue weighted by Crippen LogP contribution is 2.29. The van der Waals surface area contributed by atoms with Gasteiger partial charge < -0.3 is 5.32 Å². The topological polar surface area (TPSA) is 73.9 Å². The number of hydrogen-bond acceptors (Lipinski definition) is 4. The summed E-state index contributed by atoms with van der Waals surface area (Å²) in [5.74, 6) is -0.0969. The molecule has 1 saturated heterocycles. The van der Waals surface area contributed by atoms with Crippen molar-refractivity contribution in [2.24, 2.45) is 0 Å². The van der Waals surface area contributed by atoms with E-state index in [1.165, 1.54) is 0 Å². The van der Waals surface area contributed by atoms with Crippen LogP contribution in [0.25, 0.3) is 0 Å². The molecule has 1 unspecified atom stereocenters. The molecule has 0 aliphatic carbocycles. The molecular formula is C16H19F2N5O. The van der Waals surface area contributed by atoms with Crippen molar-refractivity contribution in [3.63, 3.8) is 0 Å². The molecule has 0 spiro atoms. The number of nitrogens with zero attached hydrogens (tertiary/aromatic N) is 3. The molecule has 24 heavy (non-hydrogen) atoms. The summed E-state index contributed by atoms with van der Waals surface area (Å²) in [6, 6.07) is 3.07. The van der Waals surface area contributed by atoms with E-state index in [-0.39, 0.29) is 24.1 Å². The van der Waals surface area contributed by atoms with Gasteiger partial charge in [0.05, 0.1) is 11.7 Å². The van der Waals surface area contributed by atoms with E-state index in [1.807, 2.05) is 6.92 Å². The third-order valence-electron chi connectivity index (χ3n) is 4.10. The molecule has 3 rings (SSSR count). The predicted octanol–water partition coefficient (Wildman–Crippen LogP) is 2.56. The van der Waals surface area contributed by atoms with Crippen LogP contribution in [0.5, 0.6) is 0 Å². The SMILES string of the molecule is Cc1nc(C2CCCN2CCC(=O)Nc2cc(F)ccc2F)n[nH]1. The monoisotopic (exact) mass is 335 g/mol. The molecule has 2 aromatic rings. The quantitative estimate of drug-likeness (QED) is 0.881. The van der Waals surface area contributed by atoms with Gasteiger partial charge in [0.2, 0.25) is 5.91 Å². The molecule has 6 nitrogen and oxygen atoms in total. The summed E-state index contributed by atoms with van der Waals surface area (Å²) in [4.78, 5) is 18.5. The van der Waals surface area contributed by atoms with Gasteiger partial charge in [-0.2, -0.15) is 5.10 Å². The summed E-state index contributed by atoms with van der Waals surface area (Å²) in [5, 5.41) is 9.44. The fraction of sp³-hybridized carbons (Fsp3) is 0.438. The number of halogens is 2. The largest absolute Gasteiger partial charge is 0.323 e. The summed E-state index contributed by atoms with van der Waals surface area (Å²) in [6.45, 7) is 3.22. The van der Waals surface area contributed by atoms with Gasteiger partial charge in [-0.25, -0.2) is 13.8 Å². The summed E-state index contributed by atoms with van der Waals surface area (Å²) in [6.07, 6.45) is 2.14. The number of benzene rings is 1. The molecule has 0 radical (unpaired) electrons. The maximum absolute atomic E-state index is 13.5. The molecule has 128 valence electrons. The molecule has 1 aliphatic heterocycles. The van der Waals surface area contributed by atoms with E-state index >= 15 is 0 Å². The van der Waals surface area contributed by atoms with Crippen LogP contribution in [0.1, 0.15) is 37.0 Å². The van der Waals surface area contributed by atoms with Crippen LogP contribution in [0.4, 0.5) is 14.5 Å². The zero-order chi connectivity index (χ0) is 17.1. The Bertz CT molecular complexity index is 733. The lowest BCUT2D eigenvalue weighted by Crippen LogP contribution is -2.28. The average molecular weight is 335 g/mol. The number of amides is 1. The van der Waals surface area contributed by atoms with Crippen molar-refractivity contribution in [3.05, 3.63) is 41.5 Å². The van der Waals surface area contributed by atoms with Gasteiger partial charge in [0.1, 0.15) is 17.5 Å². The molecule has 2 N–H and O–H groups in total. The zero-order valence-corrected chi connectivity index (χ0v) is 13.4. The summed E-state index contributed by atoms with van der Waals surface area (Å²) < 4.78 is 26.7.